The van der Waals surface area contributed by atoms with Gasteiger partial charge in [-0.25, -0.2) is 0 Å². The Morgan fingerprint density at radius 1 is 1.42 bits per heavy atom. The van der Waals surface area contributed by atoms with Gasteiger partial charge in [0.05, 0.1) is 18.4 Å². The predicted octanol–water partition coefficient (Wildman–Crippen LogP) is 2.15. The minimum absolute atomic E-state index is 0.114. The molecule has 0 radical (unpaired) electrons. The van der Waals surface area contributed by atoms with Crippen LogP contribution in [0.15, 0.2) is 24.3 Å². The number of esters is 1. The standard InChI is InChI=1S/C17H21ClN2O4/c1-11(2)24-16(22)6-7-19-17(23)12-8-15(21)20(10-12)14-5-3-4-13(18)9-14/h3-5,9,11-12H,6-8,10H2,1-2H3,(H,19,23). The van der Waals surface area contributed by atoms with Crippen LogP contribution < -0.4 is 10.2 Å². The SMILES string of the molecule is CC(C)OC(=O)CCNC(=O)C1CC(=O)N(c2cccc(Cl)c2)C1. The van der Waals surface area contributed by atoms with Gasteiger partial charge in [0.25, 0.3) is 0 Å². The Morgan fingerprint density at radius 2 is 2.17 bits per heavy atom. The Hall–Kier alpha value is -2.08. The zero-order valence-corrected chi connectivity index (χ0v) is 14.5. The van der Waals surface area contributed by atoms with Gasteiger partial charge in [-0.15, -0.1) is 0 Å². The number of benzene rings is 1. The van der Waals surface area contributed by atoms with E-state index in [0.29, 0.717) is 17.3 Å². The van der Waals surface area contributed by atoms with Crippen molar-refractivity contribution in [3.8, 4) is 0 Å². The molecule has 1 aromatic carbocycles. The molecule has 1 aliphatic rings. The van der Waals surface area contributed by atoms with Crippen molar-refractivity contribution >= 4 is 35.1 Å². The molecule has 1 atom stereocenters. The van der Waals surface area contributed by atoms with Gasteiger partial charge in [0.1, 0.15) is 0 Å². The Morgan fingerprint density at radius 3 is 2.83 bits per heavy atom. The molecule has 0 aliphatic carbocycles. The Kier molecular flexibility index (Phi) is 6.20. The number of hydrogen-bond donors (Lipinski definition) is 1. The number of anilines is 1. The molecule has 1 unspecified atom stereocenters. The molecule has 1 aromatic rings. The molecule has 6 nitrogen and oxygen atoms in total. The lowest BCUT2D eigenvalue weighted by Gasteiger charge is -2.17. The van der Waals surface area contributed by atoms with E-state index in [2.05, 4.69) is 5.32 Å². The zero-order chi connectivity index (χ0) is 17.7. The van der Waals surface area contributed by atoms with Crippen molar-refractivity contribution in [3.63, 3.8) is 0 Å². The third-order valence-corrected chi connectivity index (χ3v) is 3.85. The van der Waals surface area contributed by atoms with Crippen LogP contribution in [0.4, 0.5) is 5.69 Å². The first kappa shape index (κ1) is 18.3. The lowest BCUT2D eigenvalue weighted by Crippen LogP contribution is -2.34. The van der Waals surface area contributed by atoms with Crippen molar-refractivity contribution in [2.45, 2.75) is 32.8 Å². The van der Waals surface area contributed by atoms with E-state index in [0.717, 1.165) is 0 Å². The van der Waals surface area contributed by atoms with Crippen molar-refractivity contribution < 1.29 is 19.1 Å². The topological polar surface area (TPSA) is 75.7 Å². The smallest absolute Gasteiger partial charge is 0.307 e. The van der Waals surface area contributed by atoms with Gasteiger partial charge in [0.15, 0.2) is 0 Å². The van der Waals surface area contributed by atoms with Crippen LogP contribution in [-0.4, -0.2) is 37.0 Å². The third-order valence-electron chi connectivity index (χ3n) is 3.61. The quantitative estimate of drug-likeness (QED) is 0.796. The summed E-state index contributed by atoms with van der Waals surface area (Å²) in [6.45, 7) is 4.05. The predicted molar refractivity (Wildman–Crippen MR) is 90.8 cm³/mol. The van der Waals surface area contributed by atoms with Crippen molar-refractivity contribution in [1.29, 1.82) is 0 Å². The van der Waals surface area contributed by atoms with Crippen LogP contribution in [0.1, 0.15) is 26.7 Å². The maximum Gasteiger partial charge on any atom is 0.307 e. The van der Waals surface area contributed by atoms with E-state index < -0.39 is 5.92 Å². The van der Waals surface area contributed by atoms with E-state index in [1.165, 1.54) is 0 Å². The highest BCUT2D eigenvalue weighted by Crippen LogP contribution is 2.27. The van der Waals surface area contributed by atoms with Crippen molar-refractivity contribution in [2.75, 3.05) is 18.0 Å². The van der Waals surface area contributed by atoms with Gasteiger partial charge in [-0.1, -0.05) is 17.7 Å². The van der Waals surface area contributed by atoms with Crippen molar-refractivity contribution in [1.82, 2.24) is 5.32 Å². The fourth-order valence-electron chi connectivity index (χ4n) is 2.53. The Labute approximate surface area is 146 Å². The van der Waals surface area contributed by atoms with Gasteiger partial charge < -0.3 is 15.0 Å². The van der Waals surface area contributed by atoms with Gasteiger partial charge in [-0.3, -0.25) is 14.4 Å². The summed E-state index contributed by atoms with van der Waals surface area (Å²) in [5.74, 6) is -1.13. The van der Waals surface area contributed by atoms with Gasteiger partial charge in [-0.05, 0) is 32.0 Å². The number of amides is 2. The lowest BCUT2D eigenvalue weighted by atomic mass is 10.1. The number of carbonyl (C=O) groups excluding carboxylic acids is 3. The molecule has 1 saturated heterocycles. The van der Waals surface area contributed by atoms with Crippen LogP contribution in [0, 0.1) is 5.92 Å². The molecule has 1 aliphatic heterocycles. The van der Waals surface area contributed by atoms with Gasteiger partial charge >= 0.3 is 5.97 Å². The minimum Gasteiger partial charge on any atom is -0.463 e. The van der Waals surface area contributed by atoms with E-state index in [-0.39, 0.29) is 43.3 Å². The summed E-state index contributed by atoms with van der Waals surface area (Å²) < 4.78 is 5.00. The first-order chi connectivity index (χ1) is 11.4. The number of nitrogens with one attached hydrogen (secondary N) is 1. The fourth-order valence-corrected chi connectivity index (χ4v) is 2.72. The van der Waals surface area contributed by atoms with E-state index in [1.807, 2.05) is 0 Å². The highest BCUT2D eigenvalue weighted by Gasteiger charge is 2.35. The van der Waals surface area contributed by atoms with Crippen LogP contribution in [0.3, 0.4) is 0 Å². The van der Waals surface area contributed by atoms with Crippen molar-refractivity contribution in [2.24, 2.45) is 5.92 Å². The fraction of sp³-hybridized carbons (Fsp3) is 0.471. The molecular weight excluding hydrogens is 332 g/mol. The molecule has 1 fully saturated rings. The molecule has 7 heteroatoms. The van der Waals surface area contributed by atoms with Crippen LogP contribution in [0.2, 0.25) is 5.02 Å². The summed E-state index contributed by atoms with van der Waals surface area (Å²) in [6, 6.07) is 6.97. The average molecular weight is 353 g/mol. The number of hydrogen-bond acceptors (Lipinski definition) is 4. The van der Waals surface area contributed by atoms with E-state index >= 15 is 0 Å². The summed E-state index contributed by atoms with van der Waals surface area (Å²) in [7, 11) is 0. The van der Waals surface area contributed by atoms with Gasteiger partial charge in [-0.2, -0.15) is 0 Å². The molecule has 0 bridgehead atoms. The van der Waals surface area contributed by atoms with Crippen LogP contribution in [-0.2, 0) is 19.1 Å². The molecule has 130 valence electrons. The first-order valence-electron chi connectivity index (χ1n) is 7.90. The molecule has 0 spiro atoms. The van der Waals surface area contributed by atoms with Crippen LogP contribution in [0.25, 0.3) is 0 Å². The zero-order valence-electron chi connectivity index (χ0n) is 13.8. The highest BCUT2D eigenvalue weighted by atomic mass is 35.5. The largest absolute Gasteiger partial charge is 0.463 e. The minimum atomic E-state index is -0.433. The number of nitrogens with zero attached hydrogens (tertiary/aromatic N) is 1. The summed E-state index contributed by atoms with van der Waals surface area (Å²) in [5.41, 5.74) is 0.684. The summed E-state index contributed by atoms with van der Waals surface area (Å²) in [6.07, 6.45) is 0.0871. The number of carbonyl (C=O) groups is 3. The maximum atomic E-state index is 12.2. The van der Waals surface area contributed by atoms with Gasteiger partial charge in [0, 0.05) is 30.2 Å². The Bertz CT molecular complexity index is 633. The second-order valence-electron chi connectivity index (χ2n) is 5.96. The van der Waals surface area contributed by atoms with Crippen LogP contribution >= 0.6 is 11.6 Å². The number of ether oxygens (including phenoxy) is 1. The molecule has 0 aromatic heterocycles. The maximum absolute atomic E-state index is 12.2. The number of rotatable bonds is 6. The average Bonchev–Trinajstić information content (AvgIpc) is 2.88. The molecule has 2 amide bonds. The molecule has 24 heavy (non-hydrogen) atoms. The number of halogens is 1. The normalized spacial score (nSPS) is 17.2. The molecule has 2 rings (SSSR count). The molecule has 0 saturated carbocycles. The second-order valence-corrected chi connectivity index (χ2v) is 6.40. The third kappa shape index (κ3) is 4.96. The summed E-state index contributed by atoms with van der Waals surface area (Å²) in [4.78, 5) is 37.3. The van der Waals surface area contributed by atoms with Crippen molar-refractivity contribution in [3.05, 3.63) is 29.3 Å². The Balaban J connectivity index is 1.84. The second kappa shape index (κ2) is 8.15. The van der Waals surface area contributed by atoms with Crippen LogP contribution in [0.5, 0.6) is 0 Å². The molecular formula is C17H21ClN2O4. The molecule has 1 heterocycles. The monoisotopic (exact) mass is 352 g/mol. The van der Waals surface area contributed by atoms with Gasteiger partial charge in [0.2, 0.25) is 11.8 Å². The highest BCUT2D eigenvalue weighted by molar-refractivity contribution is 6.30. The summed E-state index contributed by atoms with van der Waals surface area (Å²) in [5, 5.41) is 3.23. The lowest BCUT2D eigenvalue weighted by molar-refractivity contribution is -0.147. The van der Waals surface area contributed by atoms with E-state index in [9.17, 15) is 14.4 Å². The van der Waals surface area contributed by atoms with E-state index in [1.54, 1.807) is 43.0 Å². The van der Waals surface area contributed by atoms with E-state index in [4.69, 9.17) is 16.3 Å². The summed E-state index contributed by atoms with van der Waals surface area (Å²) >= 11 is 5.94. The molecule has 1 N–H and O–H groups in total. The first-order valence-corrected chi connectivity index (χ1v) is 8.27.